The molecular weight excluding hydrogens is 265 g/mol. The Labute approximate surface area is 116 Å². The van der Waals surface area contributed by atoms with Crippen LogP contribution in [0.2, 0.25) is 0 Å². The lowest BCUT2D eigenvalue weighted by atomic mass is 10.1. The van der Waals surface area contributed by atoms with Crippen molar-refractivity contribution in [1.29, 1.82) is 0 Å². The average molecular weight is 283 g/mol. The van der Waals surface area contributed by atoms with Crippen molar-refractivity contribution >= 4 is 17.3 Å². The number of nitrogens with zero attached hydrogens (tertiary/aromatic N) is 1. The lowest BCUT2D eigenvalue weighted by Crippen LogP contribution is -2.33. The molecule has 3 N–H and O–H groups in total. The zero-order valence-electron chi connectivity index (χ0n) is 11.5. The van der Waals surface area contributed by atoms with Gasteiger partial charge in [0, 0.05) is 12.1 Å². The van der Waals surface area contributed by atoms with E-state index in [0.717, 1.165) is 31.4 Å². The predicted molar refractivity (Wildman–Crippen MR) is 73.9 cm³/mol. The molecule has 0 spiro atoms. The molecule has 1 aromatic carbocycles. The van der Waals surface area contributed by atoms with Crippen LogP contribution in [-0.4, -0.2) is 16.9 Å². The third-order valence-electron chi connectivity index (χ3n) is 2.96. The van der Waals surface area contributed by atoms with Crippen LogP contribution in [0.25, 0.3) is 0 Å². The van der Waals surface area contributed by atoms with E-state index in [1.807, 2.05) is 6.92 Å². The first-order valence-electron chi connectivity index (χ1n) is 6.41. The van der Waals surface area contributed by atoms with E-state index in [9.17, 15) is 19.3 Å². The number of hydrogen-bond donors (Lipinski definition) is 2. The number of nitrogen functional groups attached to an aromatic ring is 1. The van der Waals surface area contributed by atoms with Crippen molar-refractivity contribution in [1.82, 2.24) is 5.32 Å². The van der Waals surface area contributed by atoms with E-state index in [2.05, 4.69) is 5.32 Å². The van der Waals surface area contributed by atoms with Gasteiger partial charge in [0.1, 0.15) is 17.1 Å². The molecule has 1 atom stereocenters. The SMILES string of the molecule is CCCCC(C)NC(=O)c1c(F)ccc([N+](=O)[O-])c1N. The second-order valence-corrected chi connectivity index (χ2v) is 4.63. The number of nitro groups is 1. The van der Waals surface area contributed by atoms with Crippen LogP contribution < -0.4 is 11.1 Å². The fraction of sp³-hybridized carbons (Fsp3) is 0.462. The Bertz CT molecular complexity index is 520. The third kappa shape index (κ3) is 3.66. The third-order valence-corrected chi connectivity index (χ3v) is 2.96. The summed E-state index contributed by atoms with van der Waals surface area (Å²) in [4.78, 5) is 22.0. The first kappa shape index (κ1) is 15.9. The Morgan fingerprint density at radius 3 is 2.75 bits per heavy atom. The summed E-state index contributed by atoms with van der Waals surface area (Å²) in [6, 6.07) is 1.67. The van der Waals surface area contributed by atoms with E-state index in [1.54, 1.807) is 6.92 Å². The Morgan fingerprint density at radius 2 is 2.20 bits per heavy atom. The van der Waals surface area contributed by atoms with Gasteiger partial charge in [0.2, 0.25) is 0 Å². The molecule has 0 fully saturated rings. The van der Waals surface area contributed by atoms with Crippen LogP contribution in [0.3, 0.4) is 0 Å². The summed E-state index contributed by atoms with van der Waals surface area (Å²) in [7, 11) is 0. The Hall–Kier alpha value is -2.18. The van der Waals surface area contributed by atoms with E-state index in [4.69, 9.17) is 5.73 Å². The summed E-state index contributed by atoms with van der Waals surface area (Å²) in [5.74, 6) is -1.60. The van der Waals surface area contributed by atoms with E-state index < -0.39 is 33.6 Å². The highest BCUT2D eigenvalue weighted by Crippen LogP contribution is 2.27. The maximum atomic E-state index is 13.7. The zero-order chi connectivity index (χ0) is 15.3. The first-order chi connectivity index (χ1) is 9.38. The summed E-state index contributed by atoms with van der Waals surface area (Å²) in [5.41, 5.74) is 4.13. The van der Waals surface area contributed by atoms with E-state index in [0.29, 0.717) is 0 Å². The molecule has 6 nitrogen and oxygen atoms in total. The maximum Gasteiger partial charge on any atom is 0.293 e. The van der Waals surface area contributed by atoms with Gasteiger partial charge in [-0.05, 0) is 19.4 Å². The Morgan fingerprint density at radius 1 is 1.55 bits per heavy atom. The minimum Gasteiger partial charge on any atom is -0.392 e. The topological polar surface area (TPSA) is 98.3 Å². The quantitative estimate of drug-likeness (QED) is 0.476. The van der Waals surface area contributed by atoms with Crippen molar-refractivity contribution in [2.24, 2.45) is 0 Å². The molecule has 1 rings (SSSR count). The number of amides is 1. The van der Waals surface area contributed by atoms with Crippen molar-refractivity contribution in [2.75, 3.05) is 5.73 Å². The monoisotopic (exact) mass is 283 g/mol. The van der Waals surface area contributed by atoms with Crippen LogP contribution in [-0.2, 0) is 0 Å². The second kappa shape index (κ2) is 6.83. The number of carbonyl (C=O) groups is 1. The highest BCUT2D eigenvalue weighted by Gasteiger charge is 2.24. The molecule has 1 unspecified atom stereocenters. The first-order valence-corrected chi connectivity index (χ1v) is 6.41. The molecule has 0 saturated carbocycles. The molecule has 0 radical (unpaired) electrons. The van der Waals surface area contributed by atoms with Crippen molar-refractivity contribution in [2.45, 2.75) is 39.2 Å². The molecule has 110 valence electrons. The molecule has 0 saturated heterocycles. The minimum atomic E-state index is -0.867. The number of nitro benzene ring substituents is 1. The maximum absolute atomic E-state index is 13.7. The molecule has 0 aliphatic heterocycles. The van der Waals surface area contributed by atoms with Crippen LogP contribution in [0.15, 0.2) is 12.1 Å². The summed E-state index contributed by atoms with van der Waals surface area (Å²) in [5, 5.41) is 13.3. The Kier molecular flexibility index (Phi) is 5.42. The standard InChI is InChI=1S/C13H18FN3O3/c1-3-4-5-8(2)16-13(18)11-9(14)6-7-10(12(11)15)17(19)20/h6-8H,3-5,15H2,1-2H3,(H,16,18). The van der Waals surface area contributed by atoms with Gasteiger partial charge in [-0.2, -0.15) is 0 Å². The fourth-order valence-corrected chi connectivity index (χ4v) is 1.85. The van der Waals surface area contributed by atoms with Gasteiger partial charge >= 0.3 is 0 Å². The lowest BCUT2D eigenvalue weighted by molar-refractivity contribution is -0.384. The van der Waals surface area contributed by atoms with E-state index >= 15 is 0 Å². The number of anilines is 1. The zero-order valence-corrected chi connectivity index (χ0v) is 11.5. The van der Waals surface area contributed by atoms with Gasteiger partial charge < -0.3 is 11.1 Å². The number of halogens is 1. The van der Waals surface area contributed by atoms with Crippen molar-refractivity contribution < 1.29 is 14.1 Å². The number of carbonyl (C=O) groups excluding carboxylic acids is 1. The number of hydrogen-bond acceptors (Lipinski definition) is 4. The highest BCUT2D eigenvalue weighted by atomic mass is 19.1. The van der Waals surface area contributed by atoms with Gasteiger partial charge in [-0.1, -0.05) is 19.8 Å². The van der Waals surface area contributed by atoms with Crippen LogP contribution in [0.5, 0.6) is 0 Å². The average Bonchev–Trinajstić information content (AvgIpc) is 2.35. The fourth-order valence-electron chi connectivity index (χ4n) is 1.85. The van der Waals surface area contributed by atoms with E-state index in [1.165, 1.54) is 0 Å². The molecule has 0 heterocycles. The normalized spacial score (nSPS) is 11.9. The minimum absolute atomic E-state index is 0.152. The van der Waals surface area contributed by atoms with Crippen LogP contribution in [0.1, 0.15) is 43.5 Å². The van der Waals surface area contributed by atoms with Gasteiger partial charge in [-0.15, -0.1) is 0 Å². The highest BCUT2D eigenvalue weighted by molar-refractivity contribution is 6.01. The molecule has 1 amide bonds. The summed E-state index contributed by atoms with van der Waals surface area (Å²) < 4.78 is 13.7. The van der Waals surface area contributed by atoms with Gasteiger partial charge in [-0.3, -0.25) is 14.9 Å². The van der Waals surface area contributed by atoms with Crippen LogP contribution in [0.4, 0.5) is 15.8 Å². The predicted octanol–water partition coefficient (Wildman–Crippen LogP) is 2.62. The van der Waals surface area contributed by atoms with Gasteiger partial charge in [0.25, 0.3) is 11.6 Å². The van der Waals surface area contributed by atoms with Crippen molar-refractivity contribution in [3.8, 4) is 0 Å². The second-order valence-electron chi connectivity index (χ2n) is 4.63. The molecule has 20 heavy (non-hydrogen) atoms. The molecule has 0 aromatic heterocycles. The van der Waals surface area contributed by atoms with Crippen molar-refractivity contribution in [3.05, 3.63) is 33.6 Å². The van der Waals surface area contributed by atoms with Gasteiger partial charge in [0.05, 0.1) is 4.92 Å². The molecule has 1 aromatic rings. The van der Waals surface area contributed by atoms with Crippen LogP contribution >= 0.6 is 0 Å². The molecule has 7 heteroatoms. The molecule has 0 bridgehead atoms. The number of benzene rings is 1. The Balaban J connectivity index is 2.98. The van der Waals surface area contributed by atoms with Gasteiger partial charge in [-0.25, -0.2) is 4.39 Å². The number of nitrogens with one attached hydrogen (secondary N) is 1. The lowest BCUT2D eigenvalue weighted by Gasteiger charge is -2.14. The van der Waals surface area contributed by atoms with E-state index in [-0.39, 0.29) is 6.04 Å². The number of rotatable bonds is 6. The molecular formula is C13H18FN3O3. The van der Waals surface area contributed by atoms with Crippen LogP contribution in [0, 0.1) is 15.9 Å². The number of unbranched alkanes of at least 4 members (excludes halogenated alkanes) is 1. The summed E-state index contributed by atoms with van der Waals surface area (Å²) in [6.07, 6.45) is 2.65. The largest absolute Gasteiger partial charge is 0.392 e. The van der Waals surface area contributed by atoms with Gasteiger partial charge in [0.15, 0.2) is 0 Å². The molecule has 0 aliphatic carbocycles. The summed E-state index contributed by atoms with van der Waals surface area (Å²) >= 11 is 0. The summed E-state index contributed by atoms with van der Waals surface area (Å²) in [6.45, 7) is 3.81. The van der Waals surface area contributed by atoms with Crippen molar-refractivity contribution in [3.63, 3.8) is 0 Å². The smallest absolute Gasteiger partial charge is 0.293 e. The molecule has 0 aliphatic rings. The number of nitrogens with two attached hydrogens (primary N) is 1.